The first kappa shape index (κ1) is 21.0. The van der Waals surface area contributed by atoms with Crippen LogP contribution in [0.4, 0.5) is 5.82 Å². The third-order valence-electron chi connectivity index (χ3n) is 7.83. The van der Waals surface area contributed by atoms with Crippen LogP contribution in [0.5, 0.6) is 0 Å². The molecule has 2 aliphatic heterocycles. The predicted octanol–water partition coefficient (Wildman–Crippen LogP) is 3.98. The van der Waals surface area contributed by atoms with Crippen molar-refractivity contribution >= 4 is 29.2 Å². The van der Waals surface area contributed by atoms with Gasteiger partial charge < -0.3 is 15.5 Å². The lowest BCUT2D eigenvalue weighted by Crippen LogP contribution is -2.52. The van der Waals surface area contributed by atoms with Crippen LogP contribution in [0.3, 0.4) is 0 Å². The van der Waals surface area contributed by atoms with Crippen LogP contribution in [0.2, 0.25) is 5.02 Å². The highest BCUT2D eigenvalue weighted by Crippen LogP contribution is 2.51. The van der Waals surface area contributed by atoms with Crippen molar-refractivity contribution in [3.8, 4) is 0 Å². The topological polar surface area (TPSA) is 74.3 Å². The van der Waals surface area contributed by atoms with E-state index in [1.807, 2.05) is 36.4 Å². The zero-order valence-corrected chi connectivity index (χ0v) is 19.4. The molecule has 2 unspecified atom stereocenters. The molecule has 2 atom stereocenters. The number of nitrogens with one attached hydrogen (secondary N) is 2. The summed E-state index contributed by atoms with van der Waals surface area (Å²) in [5.74, 6) is 1.02. The maximum absolute atomic E-state index is 13.3. The first-order valence-electron chi connectivity index (χ1n) is 12.1. The number of carbonyl (C=O) groups is 2. The molecule has 4 aliphatic rings. The second kappa shape index (κ2) is 8.01. The van der Waals surface area contributed by atoms with Crippen molar-refractivity contribution in [1.29, 1.82) is 0 Å². The molecule has 6 nitrogen and oxygen atoms in total. The van der Waals surface area contributed by atoms with Crippen LogP contribution in [-0.4, -0.2) is 41.0 Å². The van der Waals surface area contributed by atoms with Crippen molar-refractivity contribution in [3.05, 3.63) is 58.7 Å². The standard InChI is InChI=1S/C26H29ClN4O2/c27-22-4-2-1-3-21(22)26(11-12-26)25(33)30-18-13-19-8-9-20(14-18)31(19)23-10-5-16(15-28-23)24(32)29-17-6-7-17/h1-5,10,15,17-20H,6-9,11-14H2,(H,29,32)(H,30,33). The summed E-state index contributed by atoms with van der Waals surface area (Å²) in [7, 11) is 0. The average Bonchev–Trinajstić information content (AvgIpc) is 3.73. The van der Waals surface area contributed by atoms with E-state index in [1.54, 1.807) is 6.20 Å². The molecule has 4 fully saturated rings. The smallest absolute Gasteiger partial charge is 0.253 e. The minimum absolute atomic E-state index is 0.0338. The van der Waals surface area contributed by atoms with Gasteiger partial charge in [-0.1, -0.05) is 29.8 Å². The van der Waals surface area contributed by atoms with E-state index in [1.165, 1.54) is 0 Å². The molecule has 2 aromatic rings. The van der Waals surface area contributed by atoms with E-state index in [-0.39, 0.29) is 17.9 Å². The summed E-state index contributed by atoms with van der Waals surface area (Å²) in [5, 5.41) is 7.07. The van der Waals surface area contributed by atoms with Gasteiger partial charge in [-0.05, 0) is 75.1 Å². The highest BCUT2D eigenvalue weighted by molar-refractivity contribution is 6.31. The number of hydrogen-bond donors (Lipinski definition) is 2. The first-order chi connectivity index (χ1) is 16.0. The quantitative estimate of drug-likeness (QED) is 0.678. The van der Waals surface area contributed by atoms with Crippen LogP contribution in [0.15, 0.2) is 42.6 Å². The van der Waals surface area contributed by atoms with Gasteiger partial charge in [0.1, 0.15) is 5.82 Å². The van der Waals surface area contributed by atoms with E-state index in [2.05, 4.69) is 20.5 Å². The molecule has 2 bridgehead atoms. The Morgan fingerprint density at radius 2 is 1.67 bits per heavy atom. The first-order valence-corrected chi connectivity index (χ1v) is 12.5. The normalized spacial score (nSPS) is 27.2. The number of rotatable bonds is 6. The van der Waals surface area contributed by atoms with Gasteiger partial charge >= 0.3 is 0 Å². The summed E-state index contributed by atoms with van der Waals surface area (Å²) < 4.78 is 0. The fourth-order valence-corrected chi connectivity index (χ4v) is 6.07. The van der Waals surface area contributed by atoms with Gasteiger partial charge in [0.2, 0.25) is 5.91 Å². The fraction of sp³-hybridized carbons (Fsp3) is 0.500. The monoisotopic (exact) mass is 464 g/mol. The molecular weight excluding hydrogens is 436 g/mol. The minimum Gasteiger partial charge on any atom is -0.352 e. The van der Waals surface area contributed by atoms with Crippen molar-refractivity contribution in [1.82, 2.24) is 15.6 Å². The third kappa shape index (κ3) is 3.88. The number of carbonyl (C=O) groups excluding carboxylic acids is 2. The lowest BCUT2D eigenvalue weighted by molar-refractivity contribution is -0.124. The number of nitrogens with zero attached hydrogens (tertiary/aromatic N) is 2. The number of hydrogen-bond acceptors (Lipinski definition) is 4. The zero-order valence-electron chi connectivity index (χ0n) is 18.6. The lowest BCUT2D eigenvalue weighted by Gasteiger charge is -2.40. The summed E-state index contributed by atoms with van der Waals surface area (Å²) in [6, 6.07) is 12.8. The molecule has 0 spiro atoms. The van der Waals surface area contributed by atoms with Crippen LogP contribution >= 0.6 is 11.6 Å². The zero-order chi connectivity index (χ0) is 22.6. The maximum Gasteiger partial charge on any atom is 0.253 e. The maximum atomic E-state index is 13.3. The van der Waals surface area contributed by atoms with E-state index in [0.29, 0.717) is 28.7 Å². The van der Waals surface area contributed by atoms with Crippen molar-refractivity contribution in [2.45, 2.75) is 80.9 Å². The molecule has 2 N–H and O–H groups in total. The summed E-state index contributed by atoms with van der Waals surface area (Å²) in [5.41, 5.74) is 1.13. The predicted molar refractivity (Wildman–Crippen MR) is 128 cm³/mol. The Morgan fingerprint density at radius 3 is 2.27 bits per heavy atom. The fourth-order valence-electron chi connectivity index (χ4n) is 5.76. The molecule has 2 aliphatic carbocycles. The summed E-state index contributed by atoms with van der Waals surface area (Å²) in [4.78, 5) is 32.6. The average molecular weight is 465 g/mol. The Morgan fingerprint density at radius 1 is 0.939 bits per heavy atom. The van der Waals surface area contributed by atoms with Gasteiger partial charge in [0.15, 0.2) is 0 Å². The Labute approximate surface area is 199 Å². The van der Waals surface area contributed by atoms with Crippen molar-refractivity contribution in [3.63, 3.8) is 0 Å². The van der Waals surface area contributed by atoms with Gasteiger partial charge in [0.25, 0.3) is 5.91 Å². The van der Waals surface area contributed by atoms with E-state index in [0.717, 1.165) is 62.7 Å². The number of aromatic nitrogens is 1. The number of halogens is 1. The van der Waals surface area contributed by atoms with Gasteiger partial charge in [-0.3, -0.25) is 9.59 Å². The molecule has 3 heterocycles. The van der Waals surface area contributed by atoms with E-state index in [9.17, 15) is 9.59 Å². The number of piperidine rings is 1. The molecule has 33 heavy (non-hydrogen) atoms. The van der Waals surface area contributed by atoms with Gasteiger partial charge in [-0.15, -0.1) is 0 Å². The number of anilines is 1. The third-order valence-corrected chi connectivity index (χ3v) is 8.16. The van der Waals surface area contributed by atoms with Crippen molar-refractivity contribution in [2.75, 3.05) is 4.90 Å². The van der Waals surface area contributed by atoms with E-state index in [4.69, 9.17) is 11.6 Å². The Hall–Kier alpha value is -2.60. The van der Waals surface area contributed by atoms with Gasteiger partial charge in [0, 0.05) is 35.4 Å². The summed E-state index contributed by atoms with van der Waals surface area (Å²) in [6.45, 7) is 0. The van der Waals surface area contributed by atoms with Gasteiger partial charge in [-0.2, -0.15) is 0 Å². The minimum atomic E-state index is -0.451. The van der Waals surface area contributed by atoms with Gasteiger partial charge in [-0.25, -0.2) is 4.98 Å². The lowest BCUT2D eigenvalue weighted by atomic mass is 9.92. The molecule has 7 heteroatoms. The molecular formula is C26H29ClN4O2. The summed E-state index contributed by atoms with van der Waals surface area (Å²) >= 11 is 6.42. The second-order valence-electron chi connectivity index (χ2n) is 10.1. The highest BCUT2D eigenvalue weighted by atomic mass is 35.5. The van der Waals surface area contributed by atoms with Crippen LogP contribution in [0.1, 0.15) is 67.3 Å². The summed E-state index contributed by atoms with van der Waals surface area (Å²) in [6.07, 6.45) is 9.63. The largest absolute Gasteiger partial charge is 0.352 e. The number of benzene rings is 1. The van der Waals surface area contributed by atoms with Crippen molar-refractivity contribution < 1.29 is 9.59 Å². The Kier molecular flexibility index (Phi) is 5.09. The van der Waals surface area contributed by atoms with E-state index < -0.39 is 5.41 Å². The number of pyridine rings is 1. The molecule has 2 saturated carbocycles. The second-order valence-corrected chi connectivity index (χ2v) is 10.6. The SMILES string of the molecule is O=C(NC1CC1)c1ccc(N2C3CCC2CC(NC(=O)C2(c4ccccc4Cl)CC2)C3)nc1. The molecule has 6 rings (SSSR count). The van der Waals surface area contributed by atoms with Crippen LogP contribution < -0.4 is 15.5 Å². The molecule has 1 aromatic heterocycles. The highest BCUT2D eigenvalue weighted by Gasteiger charge is 2.53. The van der Waals surface area contributed by atoms with Crippen LogP contribution in [0, 0.1) is 0 Å². The number of amides is 2. The molecule has 172 valence electrons. The molecule has 2 amide bonds. The van der Waals surface area contributed by atoms with Gasteiger partial charge in [0.05, 0.1) is 11.0 Å². The Bertz CT molecular complexity index is 1070. The molecule has 0 radical (unpaired) electrons. The van der Waals surface area contributed by atoms with Crippen LogP contribution in [0.25, 0.3) is 0 Å². The molecule has 1 aromatic carbocycles. The van der Waals surface area contributed by atoms with Crippen LogP contribution in [-0.2, 0) is 10.2 Å². The number of fused-ring (bicyclic) bond motifs is 2. The van der Waals surface area contributed by atoms with Crippen molar-refractivity contribution in [2.24, 2.45) is 0 Å². The molecule has 2 saturated heterocycles. The Balaban J connectivity index is 1.11. The van der Waals surface area contributed by atoms with E-state index >= 15 is 0 Å².